The molecule has 0 bridgehead atoms. The van der Waals surface area contributed by atoms with Gasteiger partial charge in [0.1, 0.15) is 12.4 Å². The molecule has 0 fully saturated rings. The SMILES string of the molecule is CC(C)=CCC/C(C)=C/COc1ccc(CO)cc1. The third-order valence-corrected chi connectivity index (χ3v) is 2.88. The van der Waals surface area contributed by atoms with Gasteiger partial charge in [-0.2, -0.15) is 0 Å². The average molecular weight is 260 g/mol. The summed E-state index contributed by atoms with van der Waals surface area (Å²) in [4.78, 5) is 0. The van der Waals surface area contributed by atoms with Crippen molar-refractivity contribution in [1.29, 1.82) is 0 Å². The molecule has 1 N–H and O–H groups in total. The predicted octanol–water partition coefficient (Wildman–Crippen LogP) is 4.25. The molecule has 0 saturated heterocycles. The summed E-state index contributed by atoms with van der Waals surface area (Å²) in [7, 11) is 0. The van der Waals surface area contributed by atoms with Crippen molar-refractivity contribution in [3.8, 4) is 5.75 Å². The Kier molecular flexibility index (Phi) is 6.98. The average Bonchev–Trinajstić information content (AvgIpc) is 2.39. The number of ether oxygens (including phenoxy) is 1. The van der Waals surface area contributed by atoms with Gasteiger partial charge in [0.05, 0.1) is 6.61 Å². The minimum absolute atomic E-state index is 0.0731. The molecular formula is C17H24O2. The van der Waals surface area contributed by atoms with Gasteiger partial charge < -0.3 is 9.84 Å². The Morgan fingerprint density at radius 3 is 2.37 bits per heavy atom. The molecule has 19 heavy (non-hydrogen) atoms. The van der Waals surface area contributed by atoms with Gasteiger partial charge in [0.25, 0.3) is 0 Å². The molecule has 0 saturated carbocycles. The summed E-state index contributed by atoms with van der Waals surface area (Å²) in [6.45, 7) is 7.05. The van der Waals surface area contributed by atoms with E-state index in [-0.39, 0.29) is 6.61 Å². The third-order valence-electron chi connectivity index (χ3n) is 2.88. The van der Waals surface area contributed by atoms with Crippen molar-refractivity contribution in [1.82, 2.24) is 0 Å². The second-order valence-electron chi connectivity index (χ2n) is 4.98. The van der Waals surface area contributed by atoms with Crippen LogP contribution in [0, 0.1) is 0 Å². The highest BCUT2D eigenvalue weighted by Gasteiger charge is 1.94. The molecule has 104 valence electrons. The Hall–Kier alpha value is -1.54. The summed E-state index contributed by atoms with van der Waals surface area (Å²) in [6.07, 6.45) is 6.55. The molecular weight excluding hydrogens is 236 g/mol. The van der Waals surface area contributed by atoms with Crippen LogP contribution in [0.2, 0.25) is 0 Å². The fourth-order valence-corrected chi connectivity index (χ4v) is 1.66. The maximum absolute atomic E-state index is 8.94. The topological polar surface area (TPSA) is 29.5 Å². The van der Waals surface area contributed by atoms with E-state index in [0.29, 0.717) is 6.61 Å². The highest BCUT2D eigenvalue weighted by molar-refractivity contribution is 5.27. The van der Waals surface area contributed by atoms with Crippen LogP contribution in [0.25, 0.3) is 0 Å². The highest BCUT2D eigenvalue weighted by atomic mass is 16.5. The highest BCUT2D eigenvalue weighted by Crippen LogP contribution is 2.13. The smallest absolute Gasteiger partial charge is 0.119 e. The molecule has 0 aliphatic heterocycles. The Balaban J connectivity index is 2.33. The van der Waals surface area contributed by atoms with Crippen LogP contribution in [0.4, 0.5) is 0 Å². The number of benzene rings is 1. The van der Waals surface area contributed by atoms with E-state index in [0.717, 1.165) is 24.2 Å². The lowest BCUT2D eigenvalue weighted by atomic mass is 10.1. The monoisotopic (exact) mass is 260 g/mol. The van der Waals surface area contributed by atoms with Crippen LogP contribution in [-0.4, -0.2) is 11.7 Å². The van der Waals surface area contributed by atoms with E-state index in [2.05, 4.69) is 32.9 Å². The van der Waals surface area contributed by atoms with Crippen LogP contribution in [0.3, 0.4) is 0 Å². The lowest BCUT2D eigenvalue weighted by molar-refractivity contribution is 0.281. The number of hydrogen-bond donors (Lipinski definition) is 1. The number of allylic oxidation sites excluding steroid dienone is 3. The van der Waals surface area contributed by atoms with Gasteiger partial charge in [-0.05, 0) is 57.4 Å². The summed E-state index contributed by atoms with van der Waals surface area (Å²) < 4.78 is 5.63. The van der Waals surface area contributed by atoms with E-state index in [1.807, 2.05) is 24.3 Å². The van der Waals surface area contributed by atoms with Crippen molar-refractivity contribution in [2.45, 2.75) is 40.2 Å². The number of rotatable bonds is 7. The van der Waals surface area contributed by atoms with Crippen molar-refractivity contribution in [3.05, 3.63) is 53.1 Å². The first-order valence-corrected chi connectivity index (χ1v) is 6.73. The first kappa shape index (κ1) is 15.5. The molecule has 1 rings (SSSR count). The summed E-state index contributed by atoms with van der Waals surface area (Å²) >= 11 is 0. The summed E-state index contributed by atoms with van der Waals surface area (Å²) in [5.41, 5.74) is 3.62. The summed E-state index contributed by atoms with van der Waals surface area (Å²) in [6, 6.07) is 7.53. The van der Waals surface area contributed by atoms with Crippen LogP contribution in [0.5, 0.6) is 5.75 Å². The predicted molar refractivity (Wildman–Crippen MR) is 80.3 cm³/mol. The fourth-order valence-electron chi connectivity index (χ4n) is 1.66. The van der Waals surface area contributed by atoms with E-state index >= 15 is 0 Å². The van der Waals surface area contributed by atoms with Gasteiger partial charge in [-0.1, -0.05) is 29.4 Å². The zero-order valence-corrected chi connectivity index (χ0v) is 12.1. The van der Waals surface area contributed by atoms with Crippen LogP contribution < -0.4 is 4.74 Å². The zero-order chi connectivity index (χ0) is 14.1. The lowest BCUT2D eigenvalue weighted by Crippen LogP contribution is -1.95. The van der Waals surface area contributed by atoms with Crippen molar-refractivity contribution >= 4 is 0 Å². The largest absolute Gasteiger partial charge is 0.490 e. The molecule has 2 nitrogen and oxygen atoms in total. The van der Waals surface area contributed by atoms with Crippen molar-refractivity contribution < 1.29 is 9.84 Å². The molecule has 0 heterocycles. The first-order chi connectivity index (χ1) is 9.11. The first-order valence-electron chi connectivity index (χ1n) is 6.73. The van der Waals surface area contributed by atoms with E-state index in [4.69, 9.17) is 9.84 Å². The summed E-state index contributed by atoms with van der Waals surface area (Å²) in [5.74, 6) is 0.838. The van der Waals surface area contributed by atoms with Gasteiger partial charge in [-0.3, -0.25) is 0 Å². The molecule has 1 aromatic rings. The van der Waals surface area contributed by atoms with E-state index < -0.39 is 0 Å². The third kappa shape index (κ3) is 6.82. The summed E-state index contributed by atoms with van der Waals surface area (Å²) in [5, 5.41) is 8.94. The van der Waals surface area contributed by atoms with Crippen molar-refractivity contribution in [3.63, 3.8) is 0 Å². The molecule has 0 radical (unpaired) electrons. The van der Waals surface area contributed by atoms with Gasteiger partial charge >= 0.3 is 0 Å². The Labute approximate surface area is 116 Å². The van der Waals surface area contributed by atoms with Gasteiger partial charge in [0, 0.05) is 0 Å². The number of hydrogen-bond acceptors (Lipinski definition) is 2. The molecule has 0 amide bonds. The lowest BCUT2D eigenvalue weighted by Gasteiger charge is -2.05. The Morgan fingerprint density at radius 2 is 1.79 bits per heavy atom. The normalized spacial score (nSPS) is 11.3. The maximum Gasteiger partial charge on any atom is 0.119 e. The maximum atomic E-state index is 8.94. The molecule has 0 spiro atoms. The van der Waals surface area contributed by atoms with Crippen LogP contribution >= 0.6 is 0 Å². The van der Waals surface area contributed by atoms with E-state index in [1.54, 1.807) is 0 Å². The zero-order valence-electron chi connectivity index (χ0n) is 12.1. The Morgan fingerprint density at radius 1 is 1.11 bits per heavy atom. The standard InChI is InChI=1S/C17H24O2/c1-14(2)5-4-6-15(3)11-12-19-17-9-7-16(13-18)8-10-17/h5,7-11,18H,4,6,12-13H2,1-3H3/b15-11+. The second-order valence-corrected chi connectivity index (χ2v) is 4.98. The van der Waals surface area contributed by atoms with Gasteiger partial charge in [-0.15, -0.1) is 0 Å². The molecule has 0 unspecified atom stereocenters. The fraction of sp³-hybridized carbons (Fsp3) is 0.412. The molecule has 0 atom stereocenters. The van der Waals surface area contributed by atoms with Gasteiger partial charge in [0.15, 0.2) is 0 Å². The molecule has 0 aliphatic rings. The minimum Gasteiger partial charge on any atom is -0.490 e. The number of aliphatic hydroxyl groups is 1. The van der Waals surface area contributed by atoms with Gasteiger partial charge in [0.2, 0.25) is 0 Å². The minimum atomic E-state index is 0.0731. The molecule has 0 aromatic heterocycles. The van der Waals surface area contributed by atoms with Crippen LogP contribution in [-0.2, 0) is 6.61 Å². The Bertz CT molecular complexity index is 423. The second kappa shape index (κ2) is 8.54. The van der Waals surface area contributed by atoms with Crippen LogP contribution in [0.1, 0.15) is 39.2 Å². The molecule has 1 aromatic carbocycles. The van der Waals surface area contributed by atoms with E-state index in [1.165, 1.54) is 11.1 Å². The van der Waals surface area contributed by atoms with Gasteiger partial charge in [-0.25, -0.2) is 0 Å². The van der Waals surface area contributed by atoms with E-state index in [9.17, 15) is 0 Å². The molecule has 0 aliphatic carbocycles. The number of aliphatic hydroxyl groups excluding tert-OH is 1. The van der Waals surface area contributed by atoms with Crippen molar-refractivity contribution in [2.75, 3.05) is 6.61 Å². The van der Waals surface area contributed by atoms with Crippen LogP contribution in [0.15, 0.2) is 47.6 Å². The van der Waals surface area contributed by atoms with Crippen molar-refractivity contribution in [2.24, 2.45) is 0 Å². The molecule has 2 heteroatoms. The quantitative estimate of drug-likeness (QED) is 0.743.